The molecule has 0 aromatic carbocycles. The van der Waals surface area contributed by atoms with Gasteiger partial charge in [0.25, 0.3) is 0 Å². The molecule has 0 aliphatic rings. The van der Waals surface area contributed by atoms with Gasteiger partial charge in [-0.15, -0.1) is 0 Å². The summed E-state index contributed by atoms with van der Waals surface area (Å²) in [5.74, 6) is 0. The monoisotopic (exact) mass is 177 g/mol. The van der Waals surface area contributed by atoms with Crippen LogP contribution in [-0.2, 0) is 6.54 Å². The average Bonchev–Trinajstić information content (AvgIpc) is 2.71. The van der Waals surface area contributed by atoms with Gasteiger partial charge >= 0.3 is 0 Å². The quantitative estimate of drug-likeness (QED) is 0.715. The summed E-state index contributed by atoms with van der Waals surface area (Å²) in [7, 11) is 0. The zero-order valence-electron chi connectivity index (χ0n) is 7.36. The highest BCUT2D eigenvalue weighted by Crippen LogP contribution is 2.21. The summed E-state index contributed by atoms with van der Waals surface area (Å²) in [5, 5.41) is 10.8. The van der Waals surface area contributed by atoms with Crippen LogP contribution in [0, 0.1) is 0 Å². The van der Waals surface area contributed by atoms with E-state index in [9.17, 15) is 0 Å². The van der Waals surface area contributed by atoms with Gasteiger partial charge in [0.1, 0.15) is 0 Å². The van der Waals surface area contributed by atoms with Crippen molar-refractivity contribution in [3.05, 3.63) is 18.6 Å². The lowest BCUT2D eigenvalue weighted by Gasteiger charge is -1.93. The van der Waals surface area contributed by atoms with Crippen molar-refractivity contribution in [2.45, 2.75) is 13.5 Å². The third-order valence-electron chi connectivity index (χ3n) is 1.91. The minimum absolute atomic E-state index is 0.649. The zero-order valence-corrected chi connectivity index (χ0v) is 7.36. The number of H-pyrrole nitrogens is 1. The number of rotatable bonds is 2. The molecular formula is C8H11N5. The SMILES string of the molecule is CCn1cc(-c2[nH]ncc2N)cn1. The van der Waals surface area contributed by atoms with Gasteiger partial charge in [-0.2, -0.15) is 10.2 Å². The molecule has 0 aliphatic carbocycles. The van der Waals surface area contributed by atoms with E-state index in [1.165, 1.54) is 0 Å². The first-order chi connectivity index (χ1) is 6.31. The summed E-state index contributed by atoms with van der Waals surface area (Å²) in [6.45, 7) is 2.89. The Balaban J connectivity index is 2.41. The molecule has 2 aromatic heterocycles. The van der Waals surface area contributed by atoms with Crippen LogP contribution >= 0.6 is 0 Å². The standard InChI is InChI=1S/C8H11N5/c1-2-13-5-6(3-11-13)8-7(9)4-10-12-8/h3-5H,2,9H2,1H3,(H,10,12). The first-order valence-corrected chi connectivity index (χ1v) is 4.13. The number of nitrogens with zero attached hydrogens (tertiary/aromatic N) is 3. The summed E-state index contributed by atoms with van der Waals surface area (Å²) < 4.78 is 1.84. The topological polar surface area (TPSA) is 72.5 Å². The predicted octanol–water partition coefficient (Wildman–Crippen LogP) is 0.875. The van der Waals surface area contributed by atoms with Crippen LogP contribution in [-0.4, -0.2) is 20.0 Å². The van der Waals surface area contributed by atoms with E-state index in [0.29, 0.717) is 5.69 Å². The van der Waals surface area contributed by atoms with Gasteiger partial charge in [0.2, 0.25) is 0 Å². The van der Waals surface area contributed by atoms with Crippen molar-refractivity contribution in [1.29, 1.82) is 0 Å². The number of nitrogens with two attached hydrogens (primary N) is 1. The summed E-state index contributed by atoms with van der Waals surface area (Å²) >= 11 is 0. The van der Waals surface area contributed by atoms with Crippen LogP contribution in [0.5, 0.6) is 0 Å². The number of aromatic amines is 1. The molecule has 13 heavy (non-hydrogen) atoms. The molecule has 0 bridgehead atoms. The van der Waals surface area contributed by atoms with Crippen LogP contribution in [0.2, 0.25) is 0 Å². The fraction of sp³-hybridized carbons (Fsp3) is 0.250. The maximum Gasteiger partial charge on any atom is 0.0911 e. The van der Waals surface area contributed by atoms with E-state index in [-0.39, 0.29) is 0 Å². The summed E-state index contributed by atoms with van der Waals surface area (Å²) in [6.07, 6.45) is 5.30. The summed E-state index contributed by atoms with van der Waals surface area (Å²) in [5.41, 5.74) is 8.14. The smallest absolute Gasteiger partial charge is 0.0911 e. The summed E-state index contributed by atoms with van der Waals surface area (Å²) in [6, 6.07) is 0. The molecule has 0 fully saturated rings. The van der Waals surface area contributed by atoms with Crippen LogP contribution in [0.3, 0.4) is 0 Å². The van der Waals surface area contributed by atoms with E-state index in [0.717, 1.165) is 17.8 Å². The fourth-order valence-corrected chi connectivity index (χ4v) is 1.19. The Morgan fingerprint density at radius 2 is 2.38 bits per heavy atom. The molecule has 0 radical (unpaired) electrons. The highest BCUT2D eigenvalue weighted by Gasteiger charge is 2.05. The molecule has 0 atom stereocenters. The first kappa shape index (κ1) is 7.85. The van der Waals surface area contributed by atoms with Gasteiger partial charge in [-0.1, -0.05) is 0 Å². The molecule has 2 aromatic rings. The number of aryl methyl sites for hydroxylation is 1. The predicted molar refractivity (Wildman–Crippen MR) is 49.9 cm³/mol. The second kappa shape index (κ2) is 2.93. The molecule has 0 spiro atoms. The minimum atomic E-state index is 0.649. The number of hydrogen-bond donors (Lipinski definition) is 2. The molecule has 5 heteroatoms. The fourth-order valence-electron chi connectivity index (χ4n) is 1.19. The van der Waals surface area contributed by atoms with Crippen LogP contribution in [0.1, 0.15) is 6.92 Å². The lowest BCUT2D eigenvalue weighted by Crippen LogP contribution is -1.92. The van der Waals surface area contributed by atoms with Crippen molar-refractivity contribution in [2.75, 3.05) is 5.73 Å². The number of nitrogen functional groups attached to an aromatic ring is 1. The van der Waals surface area contributed by atoms with E-state index in [2.05, 4.69) is 15.3 Å². The van der Waals surface area contributed by atoms with Gasteiger partial charge in [-0.05, 0) is 6.92 Å². The lowest BCUT2D eigenvalue weighted by molar-refractivity contribution is 0.660. The maximum atomic E-state index is 5.69. The van der Waals surface area contributed by atoms with E-state index in [1.54, 1.807) is 12.4 Å². The molecule has 0 saturated carbocycles. The third kappa shape index (κ3) is 1.28. The summed E-state index contributed by atoms with van der Waals surface area (Å²) in [4.78, 5) is 0. The van der Waals surface area contributed by atoms with Crippen molar-refractivity contribution in [3.8, 4) is 11.3 Å². The first-order valence-electron chi connectivity index (χ1n) is 4.13. The lowest BCUT2D eigenvalue weighted by atomic mass is 10.2. The molecule has 68 valence electrons. The van der Waals surface area contributed by atoms with Crippen molar-refractivity contribution < 1.29 is 0 Å². The van der Waals surface area contributed by atoms with E-state index < -0.39 is 0 Å². The normalized spacial score (nSPS) is 10.5. The van der Waals surface area contributed by atoms with Crippen LogP contribution in [0.4, 0.5) is 5.69 Å². The number of aromatic nitrogens is 4. The molecule has 0 aliphatic heterocycles. The van der Waals surface area contributed by atoms with Crippen molar-refractivity contribution in [2.24, 2.45) is 0 Å². The maximum absolute atomic E-state index is 5.69. The molecule has 0 saturated heterocycles. The van der Waals surface area contributed by atoms with Gasteiger partial charge in [-0.25, -0.2) is 0 Å². The van der Waals surface area contributed by atoms with Gasteiger partial charge < -0.3 is 5.73 Å². The van der Waals surface area contributed by atoms with Crippen LogP contribution in [0.25, 0.3) is 11.3 Å². The molecule has 2 rings (SSSR count). The van der Waals surface area contributed by atoms with Crippen molar-refractivity contribution in [3.63, 3.8) is 0 Å². The van der Waals surface area contributed by atoms with Gasteiger partial charge in [0.05, 0.1) is 23.8 Å². The molecule has 0 amide bonds. The Morgan fingerprint density at radius 3 is 2.92 bits per heavy atom. The molecular weight excluding hydrogens is 166 g/mol. The van der Waals surface area contributed by atoms with Crippen molar-refractivity contribution in [1.82, 2.24) is 20.0 Å². The minimum Gasteiger partial charge on any atom is -0.396 e. The highest BCUT2D eigenvalue weighted by molar-refractivity contribution is 5.70. The Bertz CT molecular complexity index is 400. The van der Waals surface area contributed by atoms with Gasteiger partial charge in [0.15, 0.2) is 0 Å². The molecule has 3 N–H and O–H groups in total. The van der Waals surface area contributed by atoms with E-state index in [1.807, 2.05) is 17.8 Å². The highest BCUT2D eigenvalue weighted by atomic mass is 15.3. The van der Waals surface area contributed by atoms with E-state index >= 15 is 0 Å². The molecule has 0 unspecified atom stereocenters. The Hall–Kier alpha value is -1.78. The second-order valence-corrected chi connectivity index (χ2v) is 2.79. The zero-order chi connectivity index (χ0) is 9.26. The Labute approximate surface area is 75.6 Å². The largest absolute Gasteiger partial charge is 0.396 e. The van der Waals surface area contributed by atoms with Crippen LogP contribution < -0.4 is 5.73 Å². The third-order valence-corrected chi connectivity index (χ3v) is 1.91. The number of hydrogen-bond acceptors (Lipinski definition) is 3. The van der Waals surface area contributed by atoms with Gasteiger partial charge in [0, 0.05) is 18.3 Å². The number of nitrogens with one attached hydrogen (secondary N) is 1. The van der Waals surface area contributed by atoms with Crippen molar-refractivity contribution >= 4 is 5.69 Å². The van der Waals surface area contributed by atoms with E-state index in [4.69, 9.17) is 5.73 Å². The Morgan fingerprint density at radius 1 is 1.54 bits per heavy atom. The second-order valence-electron chi connectivity index (χ2n) is 2.79. The Kier molecular flexibility index (Phi) is 1.77. The molecule has 2 heterocycles. The number of anilines is 1. The van der Waals surface area contributed by atoms with Crippen LogP contribution in [0.15, 0.2) is 18.6 Å². The molecule has 5 nitrogen and oxygen atoms in total. The average molecular weight is 177 g/mol. The van der Waals surface area contributed by atoms with Gasteiger partial charge in [-0.3, -0.25) is 9.78 Å².